The third-order valence-electron chi connectivity index (χ3n) is 3.80. The number of hydrogen-bond donors (Lipinski definition) is 1. The monoisotopic (exact) mass is 292 g/mol. The van der Waals surface area contributed by atoms with E-state index in [2.05, 4.69) is 4.90 Å². The molecule has 0 aromatic heterocycles. The maximum atomic E-state index is 12.6. The van der Waals surface area contributed by atoms with Gasteiger partial charge in [0.2, 0.25) is 0 Å². The van der Waals surface area contributed by atoms with Gasteiger partial charge >= 0.3 is 6.18 Å². The second-order valence-corrected chi connectivity index (χ2v) is 5.24. The molecule has 21 heavy (non-hydrogen) atoms. The van der Waals surface area contributed by atoms with E-state index in [0.717, 1.165) is 36.3 Å². The van der Waals surface area contributed by atoms with Gasteiger partial charge in [-0.3, -0.25) is 0 Å². The van der Waals surface area contributed by atoms with Crippen LogP contribution in [0.25, 0.3) is 0 Å². The van der Waals surface area contributed by atoms with Crippen LogP contribution in [0.15, 0.2) is 42.5 Å². The van der Waals surface area contributed by atoms with Crippen LogP contribution >= 0.6 is 0 Å². The van der Waals surface area contributed by atoms with Crippen molar-refractivity contribution >= 4 is 11.4 Å². The maximum absolute atomic E-state index is 12.6. The molecule has 110 valence electrons. The van der Waals surface area contributed by atoms with Crippen LogP contribution in [0.2, 0.25) is 0 Å². The van der Waals surface area contributed by atoms with Crippen molar-refractivity contribution in [3.05, 3.63) is 59.2 Å². The number of nitrogen functional groups attached to an aromatic ring is 1. The smallest absolute Gasteiger partial charge is 0.399 e. The molecule has 1 heterocycles. The van der Waals surface area contributed by atoms with Gasteiger partial charge in [-0.25, -0.2) is 0 Å². The second kappa shape index (κ2) is 4.98. The number of halogens is 3. The van der Waals surface area contributed by atoms with E-state index in [1.54, 1.807) is 0 Å². The largest absolute Gasteiger partial charge is 0.416 e. The van der Waals surface area contributed by atoms with Crippen LogP contribution < -0.4 is 10.6 Å². The predicted octanol–water partition coefficient (Wildman–Crippen LogP) is 3.85. The molecule has 0 spiro atoms. The normalized spacial score (nSPS) is 14.9. The number of rotatable bonds is 1. The van der Waals surface area contributed by atoms with Crippen LogP contribution in [0.5, 0.6) is 0 Å². The minimum atomic E-state index is -4.29. The summed E-state index contributed by atoms with van der Waals surface area (Å²) >= 11 is 0. The van der Waals surface area contributed by atoms with E-state index in [-0.39, 0.29) is 0 Å². The van der Waals surface area contributed by atoms with Crippen molar-refractivity contribution in [3.63, 3.8) is 0 Å². The van der Waals surface area contributed by atoms with Gasteiger partial charge in [-0.05, 0) is 53.9 Å². The van der Waals surface area contributed by atoms with Crippen LogP contribution in [-0.2, 0) is 19.1 Å². The Kier molecular flexibility index (Phi) is 3.27. The predicted molar refractivity (Wildman–Crippen MR) is 77.1 cm³/mol. The summed E-state index contributed by atoms with van der Waals surface area (Å²) in [4.78, 5) is 2.07. The van der Waals surface area contributed by atoms with Crippen molar-refractivity contribution in [1.29, 1.82) is 0 Å². The molecule has 5 heteroatoms. The number of fused-ring (bicyclic) bond motifs is 1. The zero-order chi connectivity index (χ0) is 15.0. The maximum Gasteiger partial charge on any atom is 0.416 e. The van der Waals surface area contributed by atoms with Gasteiger partial charge in [0, 0.05) is 24.5 Å². The Morgan fingerprint density at radius 2 is 1.67 bits per heavy atom. The summed E-state index contributed by atoms with van der Waals surface area (Å²) in [5.74, 6) is 0. The molecule has 2 aromatic carbocycles. The van der Waals surface area contributed by atoms with Crippen LogP contribution in [0, 0.1) is 0 Å². The van der Waals surface area contributed by atoms with Gasteiger partial charge in [-0.1, -0.05) is 6.07 Å². The summed E-state index contributed by atoms with van der Waals surface area (Å²) in [7, 11) is 0. The molecule has 0 amide bonds. The molecule has 0 unspecified atom stereocenters. The summed E-state index contributed by atoms with van der Waals surface area (Å²) in [5.41, 5.74) is 9.08. The van der Waals surface area contributed by atoms with E-state index in [1.807, 2.05) is 18.2 Å². The number of anilines is 2. The summed E-state index contributed by atoms with van der Waals surface area (Å²) in [6.45, 7) is 1.47. The van der Waals surface area contributed by atoms with Gasteiger partial charge < -0.3 is 10.6 Å². The fourth-order valence-electron chi connectivity index (χ4n) is 2.66. The molecule has 2 N–H and O–H groups in total. The summed E-state index contributed by atoms with van der Waals surface area (Å²) in [6, 6.07) is 11.2. The average molecular weight is 292 g/mol. The Balaban J connectivity index is 1.83. The highest BCUT2D eigenvalue weighted by atomic mass is 19.4. The van der Waals surface area contributed by atoms with Crippen LogP contribution in [0.4, 0.5) is 24.5 Å². The van der Waals surface area contributed by atoms with Gasteiger partial charge in [0.05, 0.1) is 5.56 Å². The second-order valence-electron chi connectivity index (χ2n) is 5.24. The van der Waals surface area contributed by atoms with Gasteiger partial charge in [-0.15, -0.1) is 0 Å². The van der Waals surface area contributed by atoms with Gasteiger partial charge in [-0.2, -0.15) is 13.2 Å². The molecule has 1 aliphatic heterocycles. The number of nitrogens with zero attached hydrogens (tertiary/aromatic N) is 1. The summed E-state index contributed by atoms with van der Waals surface area (Å²) < 4.78 is 37.7. The Morgan fingerprint density at radius 1 is 0.952 bits per heavy atom. The lowest BCUT2D eigenvalue weighted by atomic mass is 9.98. The lowest BCUT2D eigenvalue weighted by Gasteiger charge is -2.31. The number of benzene rings is 2. The van der Waals surface area contributed by atoms with E-state index in [9.17, 15) is 13.2 Å². The number of nitrogens with two attached hydrogens (primary N) is 1. The first kappa shape index (κ1) is 13.8. The van der Waals surface area contributed by atoms with Crippen molar-refractivity contribution in [1.82, 2.24) is 0 Å². The molecule has 0 bridgehead atoms. The Bertz CT molecular complexity index is 648. The summed E-state index contributed by atoms with van der Waals surface area (Å²) in [6.07, 6.45) is -3.42. The third kappa shape index (κ3) is 2.82. The highest BCUT2D eigenvalue weighted by Gasteiger charge is 2.30. The number of alkyl halides is 3. The quantitative estimate of drug-likeness (QED) is 0.809. The molecule has 0 saturated carbocycles. The minimum Gasteiger partial charge on any atom is -0.399 e. The molecule has 1 aliphatic rings. The first-order valence-corrected chi connectivity index (χ1v) is 6.73. The Labute approximate surface area is 121 Å². The molecule has 2 nitrogen and oxygen atoms in total. The van der Waals surface area contributed by atoms with E-state index >= 15 is 0 Å². The van der Waals surface area contributed by atoms with E-state index in [4.69, 9.17) is 5.73 Å². The first-order valence-electron chi connectivity index (χ1n) is 6.73. The zero-order valence-electron chi connectivity index (χ0n) is 11.3. The zero-order valence-corrected chi connectivity index (χ0v) is 11.3. The Hall–Kier alpha value is -2.17. The van der Waals surface area contributed by atoms with Crippen molar-refractivity contribution in [3.8, 4) is 0 Å². The Morgan fingerprint density at radius 3 is 2.33 bits per heavy atom. The van der Waals surface area contributed by atoms with Gasteiger partial charge in [0.1, 0.15) is 0 Å². The summed E-state index contributed by atoms with van der Waals surface area (Å²) in [5, 5.41) is 0. The lowest BCUT2D eigenvalue weighted by molar-refractivity contribution is -0.137. The first-order chi connectivity index (χ1) is 9.93. The highest BCUT2D eigenvalue weighted by molar-refractivity contribution is 5.53. The molecular formula is C16H15F3N2. The van der Waals surface area contributed by atoms with Crippen LogP contribution in [0.3, 0.4) is 0 Å². The number of hydrogen-bond acceptors (Lipinski definition) is 2. The highest BCUT2D eigenvalue weighted by Crippen LogP contribution is 2.32. The van der Waals surface area contributed by atoms with Gasteiger partial charge in [0.15, 0.2) is 0 Å². The lowest BCUT2D eigenvalue weighted by Crippen LogP contribution is -2.30. The molecule has 2 aromatic rings. The van der Waals surface area contributed by atoms with E-state index < -0.39 is 11.7 Å². The van der Waals surface area contributed by atoms with Crippen molar-refractivity contribution < 1.29 is 13.2 Å². The molecular weight excluding hydrogens is 277 g/mol. The molecule has 0 fully saturated rings. The molecule has 0 aliphatic carbocycles. The molecule has 0 radical (unpaired) electrons. The van der Waals surface area contributed by atoms with Crippen molar-refractivity contribution in [2.75, 3.05) is 17.2 Å². The fourth-order valence-corrected chi connectivity index (χ4v) is 2.66. The molecule has 3 rings (SSSR count). The standard InChI is InChI=1S/C16H15F3N2/c17-16(18,19)13-2-5-15(6-3-13)21-8-7-11-1-4-14(20)9-12(11)10-21/h1-6,9H,7-8,10,20H2. The minimum absolute atomic E-state index is 0.618. The van der Waals surface area contributed by atoms with Crippen LogP contribution in [-0.4, -0.2) is 6.54 Å². The van der Waals surface area contributed by atoms with Crippen molar-refractivity contribution in [2.45, 2.75) is 19.1 Å². The molecule has 0 saturated heterocycles. The third-order valence-corrected chi connectivity index (χ3v) is 3.80. The SMILES string of the molecule is Nc1ccc2c(c1)CN(c1ccc(C(F)(F)F)cc1)CC2. The van der Waals surface area contributed by atoms with Crippen molar-refractivity contribution in [2.24, 2.45) is 0 Å². The average Bonchev–Trinajstić information content (AvgIpc) is 2.45. The fraction of sp³-hybridized carbons (Fsp3) is 0.250. The topological polar surface area (TPSA) is 29.3 Å². The van der Waals surface area contributed by atoms with E-state index in [1.165, 1.54) is 17.7 Å². The van der Waals surface area contributed by atoms with E-state index in [0.29, 0.717) is 12.2 Å². The van der Waals surface area contributed by atoms with Crippen LogP contribution in [0.1, 0.15) is 16.7 Å². The molecule has 0 atom stereocenters. The van der Waals surface area contributed by atoms with Gasteiger partial charge in [0.25, 0.3) is 0 Å².